The van der Waals surface area contributed by atoms with Gasteiger partial charge in [-0.3, -0.25) is 9.59 Å². The summed E-state index contributed by atoms with van der Waals surface area (Å²) < 4.78 is 10.1. The van der Waals surface area contributed by atoms with E-state index in [4.69, 9.17) is 15.2 Å². The van der Waals surface area contributed by atoms with Crippen molar-refractivity contribution in [3.8, 4) is 11.4 Å². The number of halogens is 1. The number of nitrogens with zero attached hydrogens (tertiary/aromatic N) is 2. The first-order valence-electron chi connectivity index (χ1n) is 7.70. The summed E-state index contributed by atoms with van der Waals surface area (Å²) in [6.45, 7) is 1.67. The van der Waals surface area contributed by atoms with E-state index in [1.807, 2.05) is 0 Å². The van der Waals surface area contributed by atoms with Crippen LogP contribution < -0.4 is 5.73 Å². The Morgan fingerprint density at radius 2 is 1.85 bits per heavy atom. The third-order valence-electron chi connectivity index (χ3n) is 4.10. The molecule has 0 fully saturated rings. The molecule has 1 aliphatic rings. The Labute approximate surface area is 162 Å². The Hall–Kier alpha value is -3.07. The van der Waals surface area contributed by atoms with Crippen molar-refractivity contribution < 1.29 is 23.9 Å². The minimum atomic E-state index is -0.633. The molecule has 0 amide bonds. The van der Waals surface area contributed by atoms with Crippen LogP contribution in [0.25, 0.3) is 11.4 Å². The molecule has 138 valence electrons. The minimum absolute atomic E-state index is 0.0317. The van der Waals surface area contributed by atoms with Gasteiger partial charge in [0.15, 0.2) is 11.5 Å². The van der Waals surface area contributed by atoms with Gasteiger partial charge in [0, 0.05) is 10.5 Å². The smallest absolute Gasteiger partial charge is 0.356 e. The largest absolute Gasteiger partial charge is 0.492 e. The molecule has 3 rings (SSSR count). The number of nitrogens with two attached hydrogens (primary N) is 1. The molecule has 2 aromatic heterocycles. The van der Waals surface area contributed by atoms with Crippen LogP contribution >= 0.6 is 15.9 Å². The molecule has 0 bridgehead atoms. The number of aromatic nitrogens is 2. The summed E-state index contributed by atoms with van der Waals surface area (Å²) in [6.07, 6.45) is 1.09. The number of carbonyl (C=O) groups is 3. The lowest BCUT2D eigenvalue weighted by molar-refractivity contribution is 0.0593. The van der Waals surface area contributed by atoms with Crippen molar-refractivity contribution in [2.75, 3.05) is 20.0 Å². The maximum absolute atomic E-state index is 12.3. The number of rotatable bonds is 3. The molecule has 8 nitrogen and oxygen atoms in total. The van der Waals surface area contributed by atoms with E-state index in [-0.39, 0.29) is 39.8 Å². The molecular weight excluding hydrogens is 418 g/mol. The zero-order valence-electron chi connectivity index (χ0n) is 14.6. The fraction of sp³-hybridized carbons (Fsp3) is 0.167. The van der Waals surface area contributed by atoms with Crippen LogP contribution in [0.2, 0.25) is 0 Å². The van der Waals surface area contributed by atoms with Gasteiger partial charge in [0.05, 0.1) is 31.2 Å². The topological polar surface area (TPSA) is 121 Å². The van der Waals surface area contributed by atoms with Crippen LogP contribution in [0.3, 0.4) is 0 Å². The summed E-state index contributed by atoms with van der Waals surface area (Å²) in [5.74, 6) is -1.59. The molecule has 0 unspecified atom stereocenters. The Balaban J connectivity index is 2.20. The zero-order chi connectivity index (χ0) is 19.9. The van der Waals surface area contributed by atoms with Crippen LogP contribution in [0.1, 0.15) is 36.9 Å². The van der Waals surface area contributed by atoms with E-state index >= 15 is 0 Å². The van der Waals surface area contributed by atoms with Crippen LogP contribution in [0.4, 0.5) is 5.69 Å². The van der Waals surface area contributed by atoms with Gasteiger partial charge >= 0.3 is 5.97 Å². The van der Waals surface area contributed by atoms with Gasteiger partial charge in [-0.1, -0.05) is 0 Å². The number of ketones is 2. The Morgan fingerprint density at radius 3 is 2.48 bits per heavy atom. The van der Waals surface area contributed by atoms with Gasteiger partial charge in [-0.25, -0.2) is 14.8 Å². The lowest BCUT2D eigenvalue weighted by atomic mass is 9.97. The number of ether oxygens (including phenoxy) is 2. The second-order valence-electron chi connectivity index (χ2n) is 5.65. The van der Waals surface area contributed by atoms with Crippen molar-refractivity contribution in [3.05, 3.63) is 51.0 Å². The fourth-order valence-corrected chi connectivity index (χ4v) is 3.03. The zero-order valence-corrected chi connectivity index (χ0v) is 16.2. The van der Waals surface area contributed by atoms with E-state index in [1.165, 1.54) is 26.4 Å². The molecule has 0 spiro atoms. The first kappa shape index (κ1) is 18.7. The molecule has 9 heteroatoms. The lowest BCUT2D eigenvalue weighted by Gasteiger charge is -2.16. The van der Waals surface area contributed by atoms with E-state index in [0.29, 0.717) is 10.0 Å². The first-order chi connectivity index (χ1) is 12.8. The number of hydrogen-bond donors (Lipinski definition) is 1. The predicted molar refractivity (Wildman–Crippen MR) is 99.4 cm³/mol. The van der Waals surface area contributed by atoms with Crippen LogP contribution in [0.5, 0.6) is 0 Å². The van der Waals surface area contributed by atoms with Crippen LogP contribution in [-0.2, 0) is 9.47 Å². The van der Waals surface area contributed by atoms with Gasteiger partial charge in [0.1, 0.15) is 11.4 Å². The monoisotopic (exact) mass is 431 g/mol. The highest BCUT2D eigenvalue weighted by atomic mass is 79.9. The average Bonchev–Trinajstić information content (AvgIpc) is 2.68. The third kappa shape index (κ3) is 2.99. The molecule has 0 aromatic carbocycles. The quantitative estimate of drug-likeness (QED) is 0.735. The van der Waals surface area contributed by atoms with Gasteiger partial charge in [0.2, 0.25) is 11.6 Å². The summed E-state index contributed by atoms with van der Waals surface area (Å²) in [5, 5.41) is 0. The highest BCUT2D eigenvalue weighted by Gasteiger charge is 2.29. The number of esters is 1. The van der Waals surface area contributed by atoms with Gasteiger partial charge in [-0.2, -0.15) is 0 Å². The molecular formula is C18H14BrN3O5. The molecule has 0 radical (unpaired) electrons. The number of pyridine rings is 2. The molecule has 0 saturated carbocycles. The first-order valence-corrected chi connectivity index (χ1v) is 8.49. The molecule has 0 atom stereocenters. The second-order valence-corrected chi connectivity index (χ2v) is 6.45. The van der Waals surface area contributed by atoms with Gasteiger partial charge in [0.25, 0.3) is 0 Å². The average molecular weight is 432 g/mol. The Kier molecular flexibility index (Phi) is 4.79. The number of methoxy groups -OCH3 is 2. The third-order valence-corrected chi connectivity index (χ3v) is 5.12. The number of carbonyl (C=O) groups excluding carboxylic acids is 3. The normalized spacial score (nSPS) is 13.1. The standard InChI is InChI=1S/C18H14BrN3O5/c1-7-12(19)13(20)16(22-14(7)18(25)27-3)9-5-4-8-15(21-9)10(23)6-11(26-2)17(8)24/h4-6H,20H2,1-3H3. The maximum Gasteiger partial charge on any atom is 0.356 e. The number of allylic oxidation sites excluding steroid dienone is 2. The van der Waals surface area contributed by atoms with Crippen molar-refractivity contribution in [2.45, 2.75) is 6.92 Å². The lowest BCUT2D eigenvalue weighted by Crippen LogP contribution is -2.20. The molecule has 2 N–H and O–H groups in total. The summed E-state index contributed by atoms with van der Waals surface area (Å²) in [5.41, 5.74) is 7.48. The number of hydrogen-bond acceptors (Lipinski definition) is 8. The summed E-state index contributed by atoms with van der Waals surface area (Å²) >= 11 is 3.34. The maximum atomic E-state index is 12.3. The molecule has 2 heterocycles. The van der Waals surface area contributed by atoms with Gasteiger partial charge in [-0.15, -0.1) is 0 Å². The van der Waals surface area contributed by atoms with Gasteiger partial charge < -0.3 is 15.2 Å². The summed E-state index contributed by atoms with van der Waals surface area (Å²) in [4.78, 5) is 45.1. The van der Waals surface area contributed by atoms with E-state index in [1.54, 1.807) is 6.92 Å². The highest BCUT2D eigenvalue weighted by molar-refractivity contribution is 9.10. The van der Waals surface area contributed by atoms with Crippen molar-refractivity contribution in [3.63, 3.8) is 0 Å². The van der Waals surface area contributed by atoms with E-state index < -0.39 is 17.5 Å². The van der Waals surface area contributed by atoms with E-state index in [2.05, 4.69) is 25.9 Å². The molecule has 1 aliphatic carbocycles. The van der Waals surface area contributed by atoms with Crippen LogP contribution in [0, 0.1) is 6.92 Å². The van der Waals surface area contributed by atoms with Gasteiger partial charge in [-0.05, 0) is 40.5 Å². The minimum Gasteiger partial charge on any atom is -0.492 e. The Bertz CT molecular complexity index is 1050. The van der Waals surface area contributed by atoms with Crippen molar-refractivity contribution in [1.29, 1.82) is 0 Å². The van der Waals surface area contributed by atoms with E-state index in [9.17, 15) is 14.4 Å². The summed E-state index contributed by atoms with van der Waals surface area (Å²) in [6, 6.07) is 2.96. The van der Waals surface area contributed by atoms with Crippen LogP contribution in [-0.4, -0.2) is 41.7 Å². The highest BCUT2D eigenvalue weighted by Crippen LogP contribution is 2.34. The predicted octanol–water partition coefficient (Wildman–Crippen LogP) is 2.49. The molecule has 0 aliphatic heterocycles. The molecule has 0 saturated heterocycles. The molecule has 27 heavy (non-hydrogen) atoms. The van der Waals surface area contributed by atoms with Crippen molar-refractivity contribution in [1.82, 2.24) is 9.97 Å². The Morgan fingerprint density at radius 1 is 1.15 bits per heavy atom. The van der Waals surface area contributed by atoms with Crippen molar-refractivity contribution in [2.24, 2.45) is 0 Å². The number of Topliss-reactive ketones (excluding diaryl/α,β-unsaturated/α-hetero) is 1. The fourth-order valence-electron chi connectivity index (χ4n) is 2.66. The second kappa shape index (κ2) is 6.92. The SMILES string of the molecule is COC(=O)c1nc(-c2ccc3c(n2)C(=O)C=C(OC)C3=O)c(N)c(Br)c1C. The summed E-state index contributed by atoms with van der Waals surface area (Å²) in [7, 11) is 2.56. The molecule has 2 aromatic rings. The van der Waals surface area contributed by atoms with Crippen LogP contribution in [0.15, 0.2) is 28.4 Å². The van der Waals surface area contributed by atoms with E-state index in [0.717, 1.165) is 6.08 Å². The number of nitrogen functional groups attached to an aromatic ring is 1. The number of anilines is 1. The number of fused-ring (bicyclic) bond motifs is 1. The van der Waals surface area contributed by atoms with Crippen molar-refractivity contribution >= 4 is 39.2 Å².